The Bertz CT molecular complexity index is 278. The van der Waals surface area contributed by atoms with Crippen LogP contribution in [0.1, 0.15) is 31.9 Å². The Morgan fingerprint density at radius 2 is 2.27 bits per heavy atom. The first-order valence-electron chi connectivity index (χ1n) is 5.37. The minimum atomic E-state index is 0.738. The Morgan fingerprint density at radius 3 is 3.00 bits per heavy atom. The molecule has 15 heavy (non-hydrogen) atoms. The highest BCUT2D eigenvalue weighted by Gasteiger charge is 1.96. The van der Waals surface area contributed by atoms with Gasteiger partial charge in [0.2, 0.25) is 0 Å². The smallest absolute Gasteiger partial charge is 0.140 e. The molecule has 4 heteroatoms. The summed E-state index contributed by atoms with van der Waals surface area (Å²) >= 11 is 1.93. The van der Waals surface area contributed by atoms with Crippen LogP contribution in [0, 0.1) is 0 Å². The molecule has 0 atom stereocenters. The van der Waals surface area contributed by atoms with Crippen molar-refractivity contribution in [3.63, 3.8) is 0 Å². The van der Waals surface area contributed by atoms with Gasteiger partial charge in [-0.3, -0.25) is 0 Å². The average molecular weight is 225 g/mol. The van der Waals surface area contributed by atoms with Crippen molar-refractivity contribution in [1.82, 2.24) is 4.98 Å². The third-order valence-electron chi connectivity index (χ3n) is 2.10. The van der Waals surface area contributed by atoms with Crippen LogP contribution in [-0.2, 0) is 5.75 Å². The van der Waals surface area contributed by atoms with Crippen LogP contribution in [0.4, 0.5) is 5.82 Å². The van der Waals surface area contributed by atoms with E-state index in [0.717, 1.165) is 17.3 Å². The molecule has 1 heterocycles. The second kappa shape index (κ2) is 7.54. The van der Waals surface area contributed by atoms with E-state index in [1.165, 1.54) is 25.0 Å². The van der Waals surface area contributed by atoms with Gasteiger partial charge in [0.05, 0.1) is 5.69 Å². The molecule has 3 N–H and O–H groups in total. The third kappa shape index (κ3) is 5.04. The van der Waals surface area contributed by atoms with Crippen LogP contribution in [0.25, 0.3) is 0 Å². The van der Waals surface area contributed by atoms with Crippen molar-refractivity contribution >= 4 is 17.6 Å². The fraction of sp³-hybridized carbons (Fsp3) is 0.545. The maximum Gasteiger partial charge on any atom is 0.140 e. The Balaban J connectivity index is 2.24. The summed E-state index contributed by atoms with van der Waals surface area (Å²) in [4.78, 5) is 4.35. The molecule has 84 valence electrons. The Kier molecular flexibility index (Phi) is 6.20. The van der Waals surface area contributed by atoms with Gasteiger partial charge in [-0.15, -0.1) is 0 Å². The Morgan fingerprint density at radius 1 is 1.40 bits per heavy atom. The predicted octanol–water partition coefficient (Wildman–Crippen LogP) is 2.79. The van der Waals surface area contributed by atoms with Crippen molar-refractivity contribution in [1.29, 1.82) is 0 Å². The van der Waals surface area contributed by atoms with Crippen LogP contribution >= 0.6 is 11.8 Å². The van der Waals surface area contributed by atoms with Gasteiger partial charge >= 0.3 is 0 Å². The van der Waals surface area contributed by atoms with Crippen molar-refractivity contribution in [3.8, 4) is 0 Å². The minimum Gasteiger partial charge on any atom is -0.308 e. The first-order valence-corrected chi connectivity index (χ1v) is 6.52. The van der Waals surface area contributed by atoms with Gasteiger partial charge in [-0.1, -0.05) is 25.8 Å². The van der Waals surface area contributed by atoms with Crippen molar-refractivity contribution in [2.75, 3.05) is 11.2 Å². The summed E-state index contributed by atoms with van der Waals surface area (Å²) in [5.41, 5.74) is 3.65. The summed E-state index contributed by atoms with van der Waals surface area (Å²) in [6.07, 6.45) is 3.91. The van der Waals surface area contributed by atoms with Crippen molar-refractivity contribution < 1.29 is 0 Å². The molecule has 3 nitrogen and oxygen atoms in total. The lowest BCUT2D eigenvalue weighted by molar-refractivity contribution is 0.778. The molecular weight excluding hydrogens is 206 g/mol. The molecule has 1 aromatic heterocycles. The largest absolute Gasteiger partial charge is 0.308 e. The summed E-state index contributed by atoms with van der Waals surface area (Å²) in [6.45, 7) is 2.22. The molecule has 0 bridgehead atoms. The molecule has 0 unspecified atom stereocenters. The quantitative estimate of drug-likeness (QED) is 0.425. The zero-order valence-electron chi connectivity index (χ0n) is 9.20. The normalized spacial score (nSPS) is 10.3. The molecule has 0 spiro atoms. The maximum atomic E-state index is 5.29. The van der Waals surface area contributed by atoms with Gasteiger partial charge < -0.3 is 5.43 Å². The number of nitrogens with zero attached hydrogens (tertiary/aromatic N) is 1. The van der Waals surface area contributed by atoms with Crippen molar-refractivity contribution in [2.45, 2.75) is 31.9 Å². The highest BCUT2D eigenvalue weighted by molar-refractivity contribution is 7.98. The molecule has 0 aliphatic heterocycles. The second-order valence-corrected chi connectivity index (χ2v) is 4.52. The van der Waals surface area contributed by atoms with Crippen molar-refractivity contribution in [3.05, 3.63) is 23.9 Å². The number of unbranched alkanes of at least 4 members (excludes halogenated alkanes) is 2. The molecule has 0 saturated heterocycles. The number of aromatic nitrogens is 1. The number of hydrogen-bond acceptors (Lipinski definition) is 4. The molecular formula is C11H19N3S. The van der Waals surface area contributed by atoms with Gasteiger partial charge in [0, 0.05) is 5.75 Å². The Labute approximate surface area is 95.8 Å². The number of nitrogens with two attached hydrogens (primary N) is 1. The number of thioether (sulfide) groups is 1. The molecule has 0 saturated carbocycles. The minimum absolute atomic E-state index is 0.738. The number of rotatable bonds is 7. The van der Waals surface area contributed by atoms with E-state index in [4.69, 9.17) is 5.84 Å². The van der Waals surface area contributed by atoms with Gasteiger partial charge in [0.1, 0.15) is 5.82 Å². The molecule has 0 aliphatic rings. The Hall–Kier alpha value is -0.740. The fourth-order valence-electron chi connectivity index (χ4n) is 1.27. The van der Waals surface area contributed by atoms with E-state index in [1.54, 1.807) is 0 Å². The van der Waals surface area contributed by atoms with Gasteiger partial charge in [-0.2, -0.15) is 11.8 Å². The molecule has 0 fully saturated rings. The van der Waals surface area contributed by atoms with E-state index in [1.807, 2.05) is 30.0 Å². The lowest BCUT2D eigenvalue weighted by Crippen LogP contribution is -2.08. The van der Waals surface area contributed by atoms with Gasteiger partial charge in [-0.25, -0.2) is 10.8 Å². The number of nitrogen functional groups attached to an aromatic ring is 1. The first kappa shape index (κ1) is 12.3. The topological polar surface area (TPSA) is 50.9 Å². The monoisotopic (exact) mass is 225 g/mol. The lowest BCUT2D eigenvalue weighted by atomic mass is 10.3. The van der Waals surface area contributed by atoms with Crippen LogP contribution in [-0.4, -0.2) is 10.7 Å². The van der Waals surface area contributed by atoms with E-state index in [-0.39, 0.29) is 0 Å². The SMILES string of the molecule is CCCCCSCc1cccc(NN)n1. The average Bonchev–Trinajstić information content (AvgIpc) is 2.29. The number of pyridine rings is 1. The second-order valence-electron chi connectivity index (χ2n) is 3.42. The number of anilines is 1. The van der Waals surface area contributed by atoms with E-state index in [0.29, 0.717) is 0 Å². The summed E-state index contributed by atoms with van der Waals surface area (Å²) in [5.74, 6) is 8.22. The van der Waals surface area contributed by atoms with Crippen LogP contribution < -0.4 is 11.3 Å². The first-order chi connectivity index (χ1) is 7.36. The van der Waals surface area contributed by atoms with Gasteiger partial charge in [-0.05, 0) is 24.3 Å². The summed E-state index contributed by atoms with van der Waals surface area (Å²) in [6, 6.07) is 5.88. The third-order valence-corrected chi connectivity index (χ3v) is 3.17. The van der Waals surface area contributed by atoms with E-state index >= 15 is 0 Å². The maximum absolute atomic E-state index is 5.29. The molecule has 0 radical (unpaired) electrons. The van der Waals surface area contributed by atoms with E-state index in [2.05, 4.69) is 17.3 Å². The standard InChI is InChI=1S/C11H19N3S/c1-2-3-4-8-15-9-10-6-5-7-11(13-10)14-12/h5-7H,2-4,8-9,12H2,1H3,(H,13,14). The van der Waals surface area contributed by atoms with Crippen LogP contribution in [0.15, 0.2) is 18.2 Å². The zero-order chi connectivity index (χ0) is 10.9. The lowest BCUT2D eigenvalue weighted by Gasteiger charge is -2.03. The summed E-state index contributed by atoms with van der Waals surface area (Å²) < 4.78 is 0. The molecule has 0 amide bonds. The highest BCUT2D eigenvalue weighted by atomic mass is 32.2. The van der Waals surface area contributed by atoms with Crippen LogP contribution in [0.2, 0.25) is 0 Å². The van der Waals surface area contributed by atoms with E-state index in [9.17, 15) is 0 Å². The molecule has 0 aromatic carbocycles. The molecule has 1 rings (SSSR count). The fourth-order valence-corrected chi connectivity index (χ4v) is 2.19. The van der Waals surface area contributed by atoms with Crippen molar-refractivity contribution in [2.24, 2.45) is 5.84 Å². The summed E-state index contributed by atoms with van der Waals surface area (Å²) in [7, 11) is 0. The van der Waals surface area contributed by atoms with Gasteiger partial charge in [0.25, 0.3) is 0 Å². The summed E-state index contributed by atoms with van der Waals surface area (Å²) in [5, 5.41) is 0. The van der Waals surface area contributed by atoms with Crippen LogP contribution in [0.5, 0.6) is 0 Å². The number of hydrogen-bond donors (Lipinski definition) is 2. The zero-order valence-corrected chi connectivity index (χ0v) is 10.0. The van der Waals surface area contributed by atoms with E-state index < -0.39 is 0 Å². The predicted molar refractivity (Wildman–Crippen MR) is 67.7 cm³/mol. The number of hydrazine groups is 1. The molecule has 0 aliphatic carbocycles. The number of nitrogens with one attached hydrogen (secondary N) is 1. The molecule has 1 aromatic rings. The highest BCUT2D eigenvalue weighted by Crippen LogP contribution is 2.14. The van der Waals surface area contributed by atoms with Gasteiger partial charge in [0.15, 0.2) is 0 Å². The van der Waals surface area contributed by atoms with Crippen LogP contribution in [0.3, 0.4) is 0 Å².